The maximum atomic E-state index is 4.51. The molecule has 0 saturated carbocycles. The van der Waals surface area contributed by atoms with Gasteiger partial charge in [0, 0.05) is 0 Å². The Morgan fingerprint density at radius 2 is 2.11 bits per heavy atom. The van der Waals surface area contributed by atoms with Crippen LogP contribution in [-0.4, -0.2) is 19.9 Å². The molecule has 0 aliphatic heterocycles. The summed E-state index contributed by atoms with van der Waals surface area (Å²) in [5.41, 5.74) is 5.82. The summed E-state index contributed by atoms with van der Waals surface area (Å²) >= 11 is 0.571. The summed E-state index contributed by atoms with van der Waals surface area (Å²) in [6.07, 6.45) is 10.5. The molecule has 19 heavy (non-hydrogen) atoms. The van der Waals surface area contributed by atoms with Crippen LogP contribution in [0.15, 0.2) is 65.0 Å². The molecule has 0 unspecified atom stereocenters. The molecule has 1 aliphatic rings. The van der Waals surface area contributed by atoms with Gasteiger partial charge in [0.1, 0.15) is 0 Å². The molecule has 3 rings (SSSR count). The fraction of sp³-hybridized carbons (Fsp3) is 0.176. The number of allylic oxidation sites excluding steroid dienone is 3. The van der Waals surface area contributed by atoms with E-state index in [2.05, 4.69) is 47.1 Å². The van der Waals surface area contributed by atoms with E-state index < -0.39 is 0 Å². The molecular weight excluding hydrogens is 297 g/mol. The summed E-state index contributed by atoms with van der Waals surface area (Å²) in [5, 5.41) is 2.52. The number of aromatic nitrogens is 1. The van der Waals surface area contributed by atoms with Crippen LogP contribution in [0.4, 0.5) is 0 Å². The third-order valence-electron chi connectivity index (χ3n) is 3.13. The first-order valence-corrected chi connectivity index (χ1v) is 8.59. The standard InChI is InChI=1S/C17H15NSe/c1-2-11-16(10-1)19-13-5-9-15-7-3-6-14-8-4-12-18-17(14)15/h1-4,6-8,10,12H,5,9,13H2. The normalized spacial score (nSPS) is 13.2. The van der Waals surface area contributed by atoms with E-state index in [0.29, 0.717) is 15.0 Å². The van der Waals surface area contributed by atoms with Gasteiger partial charge in [-0.05, 0) is 0 Å². The third-order valence-corrected chi connectivity index (χ3v) is 5.35. The van der Waals surface area contributed by atoms with Gasteiger partial charge in [-0.1, -0.05) is 0 Å². The van der Waals surface area contributed by atoms with Gasteiger partial charge in [-0.2, -0.15) is 0 Å². The molecule has 0 fully saturated rings. The SMILES string of the molecule is C1=CC=CC=1[Se]CCCc1cccc2cccnc12. The number of aryl methyl sites for hydroxylation is 1. The Bertz CT molecular complexity index is 673. The molecule has 0 spiro atoms. The van der Waals surface area contributed by atoms with Crippen molar-refractivity contribution in [3.63, 3.8) is 0 Å². The van der Waals surface area contributed by atoms with Gasteiger partial charge in [0.25, 0.3) is 0 Å². The van der Waals surface area contributed by atoms with E-state index in [1.54, 1.807) is 0 Å². The predicted molar refractivity (Wildman–Crippen MR) is 81.4 cm³/mol. The van der Waals surface area contributed by atoms with E-state index in [0.717, 1.165) is 11.9 Å². The Balaban J connectivity index is 1.62. The molecular formula is C17H15NSe. The van der Waals surface area contributed by atoms with Crippen molar-refractivity contribution in [3.05, 3.63) is 70.5 Å². The molecule has 1 heterocycles. The van der Waals surface area contributed by atoms with Crippen LogP contribution in [0.5, 0.6) is 0 Å². The molecule has 1 aliphatic carbocycles. The van der Waals surface area contributed by atoms with Crippen molar-refractivity contribution in [2.45, 2.75) is 18.2 Å². The molecule has 0 saturated heterocycles. The molecule has 2 aromatic rings. The van der Waals surface area contributed by atoms with Gasteiger partial charge in [0.15, 0.2) is 0 Å². The van der Waals surface area contributed by atoms with E-state index in [1.807, 2.05) is 18.3 Å². The van der Waals surface area contributed by atoms with E-state index in [4.69, 9.17) is 0 Å². The fourth-order valence-electron chi connectivity index (χ4n) is 2.22. The van der Waals surface area contributed by atoms with Crippen molar-refractivity contribution < 1.29 is 0 Å². The Morgan fingerprint density at radius 3 is 3.00 bits per heavy atom. The number of hydrogen-bond donors (Lipinski definition) is 0. The second-order valence-corrected chi connectivity index (χ2v) is 6.86. The topological polar surface area (TPSA) is 12.9 Å². The van der Waals surface area contributed by atoms with E-state index in [1.165, 1.54) is 27.2 Å². The van der Waals surface area contributed by atoms with Crippen LogP contribution in [0.3, 0.4) is 0 Å². The van der Waals surface area contributed by atoms with Crippen LogP contribution < -0.4 is 0 Å². The molecule has 94 valence electrons. The second-order valence-electron chi connectivity index (χ2n) is 4.48. The zero-order valence-corrected chi connectivity index (χ0v) is 12.4. The second kappa shape index (κ2) is 6.04. The van der Waals surface area contributed by atoms with Crippen LogP contribution in [0.2, 0.25) is 5.32 Å². The summed E-state index contributed by atoms with van der Waals surface area (Å²) in [6, 6.07) is 10.6. The van der Waals surface area contributed by atoms with E-state index in [-0.39, 0.29) is 0 Å². The summed E-state index contributed by atoms with van der Waals surface area (Å²) < 4.78 is 1.39. The summed E-state index contributed by atoms with van der Waals surface area (Å²) in [7, 11) is 0. The van der Waals surface area contributed by atoms with Crippen molar-refractivity contribution in [1.82, 2.24) is 4.98 Å². The van der Waals surface area contributed by atoms with Crippen LogP contribution in [0, 0.1) is 0 Å². The molecule has 1 nitrogen and oxygen atoms in total. The summed E-state index contributed by atoms with van der Waals surface area (Å²) in [6.45, 7) is 0. The Labute approximate surface area is 119 Å². The van der Waals surface area contributed by atoms with Crippen LogP contribution in [0.25, 0.3) is 10.9 Å². The fourth-order valence-corrected chi connectivity index (χ4v) is 3.97. The minimum atomic E-state index is 0.571. The quantitative estimate of drug-likeness (QED) is 0.463. The van der Waals surface area contributed by atoms with Crippen molar-refractivity contribution in [2.75, 3.05) is 0 Å². The van der Waals surface area contributed by atoms with Crippen molar-refractivity contribution in [1.29, 1.82) is 0 Å². The number of benzene rings is 1. The molecule has 1 aromatic heterocycles. The number of para-hydroxylation sites is 1. The molecule has 2 heteroatoms. The number of pyridine rings is 1. The Morgan fingerprint density at radius 1 is 1.16 bits per heavy atom. The van der Waals surface area contributed by atoms with Gasteiger partial charge in [-0.3, -0.25) is 0 Å². The van der Waals surface area contributed by atoms with E-state index >= 15 is 0 Å². The number of fused-ring (bicyclic) bond motifs is 1. The predicted octanol–water partition coefficient (Wildman–Crippen LogP) is 3.90. The molecule has 1 aromatic carbocycles. The molecule has 0 bridgehead atoms. The van der Waals surface area contributed by atoms with Crippen LogP contribution >= 0.6 is 0 Å². The van der Waals surface area contributed by atoms with Gasteiger partial charge in [0.2, 0.25) is 0 Å². The number of hydrogen-bond acceptors (Lipinski definition) is 1. The van der Waals surface area contributed by atoms with Crippen LogP contribution in [0.1, 0.15) is 12.0 Å². The molecule has 0 amide bonds. The van der Waals surface area contributed by atoms with Gasteiger partial charge >= 0.3 is 120 Å². The van der Waals surface area contributed by atoms with Gasteiger partial charge in [-0.25, -0.2) is 0 Å². The van der Waals surface area contributed by atoms with Gasteiger partial charge in [0.05, 0.1) is 0 Å². The van der Waals surface area contributed by atoms with Gasteiger partial charge < -0.3 is 0 Å². The average Bonchev–Trinajstić information content (AvgIpc) is 2.97. The molecule has 0 N–H and O–H groups in total. The zero-order chi connectivity index (χ0) is 12.9. The van der Waals surface area contributed by atoms with E-state index in [9.17, 15) is 0 Å². The first-order valence-electron chi connectivity index (χ1n) is 6.52. The summed E-state index contributed by atoms with van der Waals surface area (Å²) in [5.74, 6) is 0. The maximum absolute atomic E-state index is 4.51. The Kier molecular flexibility index (Phi) is 3.95. The number of rotatable bonds is 5. The van der Waals surface area contributed by atoms with Gasteiger partial charge in [-0.15, -0.1) is 0 Å². The molecule has 0 radical (unpaired) electrons. The Hall–Kier alpha value is -1.59. The van der Waals surface area contributed by atoms with Crippen molar-refractivity contribution >= 4 is 25.9 Å². The minimum absolute atomic E-state index is 0.571. The van der Waals surface area contributed by atoms with Crippen LogP contribution in [-0.2, 0) is 6.42 Å². The molecule has 0 atom stereocenters. The average molecular weight is 312 g/mol. The monoisotopic (exact) mass is 313 g/mol. The summed E-state index contributed by atoms with van der Waals surface area (Å²) in [4.78, 5) is 4.51. The first kappa shape index (κ1) is 12.4. The van der Waals surface area contributed by atoms with Crippen molar-refractivity contribution in [3.8, 4) is 0 Å². The van der Waals surface area contributed by atoms with Crippen molar-refractivity contribution in [2.24, 2.45) is 0 Å². The zero-order valence-electron chi connectivity index (χ0n) is 10.7. The third kappa shape index (κ3) is 3.05. The number of nitrogens with zero attached hydrogens (tertiary/aromatic N) is 1. The first-order chi connectivity index (χ1) is 9.43.